The van der Waals surface area contributed by atoms with Gasteiger partial charge in [-0.05, 0) is 61.2 Å². The number of carbonyl (C=O) groups excluding carboxylic acids is 2. The van der Waals surface area contributed by atoms with Crippen LogP contribution in [-0.4, -0.2) is 21.6 Å². The first-order valence-corrected chi connectivity index (χ1v) is 9.86. The van der Waals surface area contributed by atoms with Gasteiger partial charge in [0.1, 0.15) is 0 Å². The molecule has 0 spiro atoms. The van der Waals surface area contributed by atoms with E-state index in [9.17, 15) is 9.59 Å². The lowest BCUT2D eigenvalue weighted by Gasteiger charge is -2.15. The molecule has 1 heterocycles. The third-order valence-corrected chi connectivity index (χ3v) is 5.09. The molecule has 2 N–H and O–H groups in total. The van der Waals surface area contributed by atoms with E-state index in [2.05, 4.69) is 15.7 Å². The fraction of sp³-hybridized carbons (Fsp3) is 0.261. The van der Waals surface area contributed by atoms with Crippen LogP contribution in [-0.2, 0) is 11.3 Å². The number of rotatable bonds is 7. The molecule has 1 aliphatic rings. The Morgan fingerprint density at radius 3 is 2.45 bits per heavy atom. The zero-order valence-electron chi connectivity index (χ0n) is 16.3. The summed E-state index contributed by atoms with van der Waals surface area (Å²) in [5.74, 6) is 0.156. The van der Waals surface area contributed by atoms with Crippen LogP contribution in [0.4, 0.5) is 5.69 Å². The summed E-state index contributed by atoms with van der Waals surface area (Å²) >= 11 is 0. The summed E-state index contributed by atoms with van der Waals surface area (Å²) in [6.45, 7) is 2.62. The van der Waals surface area contributed by atoms with Crippen molar-refractivity contribution < 1.29 is 9.59 Å². The Labute approximate surface area is 169 Å². The van der Waals surface area contributed by atoms with Gasteiger partial charge in [-0.15, -0.1) is 0 Å². The summed E-state index contributed by atoms with van der Waals surface area (Å²) < 4.78 is 1.84. The number of amides is 2. The summed E-state index contributed by atoms with van der Waals surface area (Å²) in [7, 11) is 0. The molecule has 0 bridgehead atoms. The zero-order valence-corrected chi connectivity index (χ0v) is 16.3. The van der Waals surface area contributed by atoms with Crippen LogP contribution in [0.3, 0.4) is 0 Å². The van der Waals surface area contributed by atoms with Crippen LogP contribution in [0.25, 0.3) is 0 Å². The number of anilines is 1. The van der Waals surface area contributed by atoms with E-state index < -0.39 is 0 Å². The third kappa shape index (κ3) is 4.90. The van der Waals surface area contributed by atoms with E-state index in [-0.39, 0.29) is 23.8 Å². The average molecular weight is 388 g/mol. The maximum atomic E-state index is 12.6. The molecule has 1 fully saturated rings. The van der Waals surface area contributed by atoms with Crippen LogP contribution in [0, 0.1) is 5.92 Å². The first kappa shape index (κ1) is 18.9. The van der Waals surface area contributed by atoms with Crippen LogP contribution in [0.5, 0.6) is 0 Å². The van der Waals surface area contributed by atoms with E-state index in [0.29, 0.717) is 12.1 Å². The Morgan fingerprint density at radius 1 is 1.10 bits per heavy atom. The van der Waals surface area contributed by atoms with Crippen molar-refractivity contribution in [3.63, 3.8) is 0 Å². The predicted molar refractivity (Wildman–Crippen MR) is 111 cm³/mol. The molecular weight excluding hydrogens is 364 g/mol. The van der Waals surface area contributed by atoms with Gasteiger partial charge in [-0.2, -0.15) is 5.10 Å². The summed E-state index contributed by atoms with van der Waals surface area (Å²) in [5.41, 5.74) is 3.48. The monoisotopic (exact) mass is 388 g/mol. The van der Waals surface area contributed by atoms with Gasteiger partial charge in [-0.25, -0.2) is 0 Å². The Hall–Kier alpha value is -3.41. The van der Waals surface area contributed by atoms with Gasteiger partial charge in [-0.3, -0.25) is 14.3 Å². The molecule has 29 heavy (non-hydrogen) atoms. The molecule has 3 aromatic rings. The first-order valence-electron chi connectivity index (χ1n) is 9.86. The van der Waals surface area contributed by atoms with Gasteiger partial charge in [0.05, 0.1) is 12.6 Å². The molecule has 0 aliphatic heterocycles. The largest absolute Gasteiger partial charge is 0.346 e. The standard InChI is InChI=1S/C23H24N4O2/c1-16(18-9-11-21(12-10-18)26-23(29)20-7-8-20)25-22(28)19-5-3-17(4-6-19)15-27-14-2-13-24-27/h2-6,9-14,16,20H,7-8,15H2,1H3,(H,25,28)(H,26,29). The maximum Gasteiger partial charge on any atom is 0.251 e. The van der Waals surface area contributed by atoms with Gasteiger partial charge >= 0.3 is 0 Å². The van der Waals surface area contributed by atoms with Gasteiger partial charge in [0.15, 0.2) is 0 Å². The number of benzene rings is 2. The van der Waals surface area contributed by atoms with Gasteiger partial charge in [0.25, 0.3) is 5.91 Å². The lowest BCUT2D eigenvalue weighted by Crippen LogP contribution is -2.26. The molecule has 4 rings (SSSR count). The molecule has 6 heteroatoms. The fourth-order valence-electron chi connectivity index (χ4n) is 3.15. The Bertz CT molecular complexity index is 975. The predicted octanol–water partition coefficient (Wildman–Crippen LogP) is 3.77. The molecule has 1 saturated carbocycles. The second-order valence-electron chi connectivity index (χ2n) is 7.48. The number of nitrogens with zero attached hydrogens (tertiary/aromatic N) is 2. The zero-order chi connectivity index (χ0) is 20.2. The maximum absolute atomic E-state index is 12.6. The summed E-state index contributed by atoms with van der Waals surface area (Å²) in [5, 5.41) is 10.1. The van der Waals surface area contributed by atoms with Crippen molar-refractivity contribution in [2.75, 3.05) is 5.32 Å². The van der Waals surface area contributed by atoms with E-state index in [1.165, 1.54) is 0 Å². The van der Waals surface area contributed by atoms with E-state index in [1.807, 2.05) is 72.4 Å². The van der Waals surface area contributed by atoms with Crippen LogP contribution in [0.1, 0.15) is 47.3 Å². The number of carbonyl (C=O) groups is 2. The molecule has 148 valence electrons. The van der Waals surface area contributed by atoms with Crippen molar-refractivity contribution in [2.45, 2.75) is 32.4 Å². The van der Waals surface area contributed by atoms with Crippen LogP contribution in [0.15, 0.2) is 67.0 Å². The van der Waals surface area contributed by atoms with Crippen molar-refractivity contribution in [2.24, 2.45) is 5.92 Å². The second kappa shape index (κ2) is 8.31. The van der Waals surface area contributed by atoms with Gasteiger partial charge in [0, 0.05) is 29.6 Å². The minimum Gasteiger partial charge on any atom is -0.346 e. The molecule has 1 aromatic heterocycles. The highest BCUT2D eigenvalue weighted by atomic mass is 16.2. The van der Waals surface area contributed by atoms with E-state index >= 15 is 0 Å². The van der Waals surface area contributed by atoms with Gasteiger partial charge in [0.2, 0.25) is 5.91 Å². The second-order valence-corrected chi connectivity index (χ2v) is 7.48. The minimum atomic E-state index is -0.139. The van der Waals surface area contributed by atoms with Crippen molar-refractivity contribution in [3.8, 4) is 0 Å². The molecule has 0 radical (unpaired) electrons. The molecule has 0 saturated heterocycles. The lowest BCUT2D eigenvalue weighted by molar-refractivity contribution is -0.117. The normalized spacial score (nSPS) is 14.2. The summed E-state index contributed by atoms with van der Waals surface area (Å²) in [6.07, 6.45) is 5.62. The van der Waals surface area contributed by atoms with E-state index in [4.69, 9.17) is 0 Å². The van der Waals surface area contributed by atoms with Crippen molar-refractivity contribution in [1.82, 2.24) is 15.1 Å². The number of hydrogen-bond acceptors (Lipinski definition) is 3. The highest BCUT2D eigenvalue weighted by Gasteiger charge is 2.29. The van der Waals surface area contributed by atoms with E-state index in [0.717, 1.165) is 29.7 Å². The van der Waals surface area contributed by atoms with Crippen LogP contribution >= 0.6 is 0 Å². The van der Waals surface area contributed by atoms with Crippen LogP contribution < -0.4 is 10.6 Å². The minimum absolute atomic E-state index is 0.0927. The summed E-state index contributed by atoms with van der Waals surface area (Å²) in [4.78, 5) is 24.4. The van der Waals surface area contributed by atoms with Crippen molar-refractivity contribution in [1.29, 1.82) is 0 Å². The molecule has 1 aliphatic carbocycles. The van der Waals surface area contributed by atoms with Gasteiger partial charge < -0.3 is 10.6 Å². The van der Waals surface area contributed by atoms with Gasteiger partial charge in [-0.1, -0.05) is 24.3 Å². The first-order chi connectivity index (χ1) is 14.1. The Kier molecular flexibility index (Phi) is 5.42. The van der Waals surface area contributed by atoms with E-state index in [1.54, 1.807) is 6.20 Å². The van der Waals surface area contributed by atoms with Crippen molar-refractivity contribution in [3.05, 3.63) is 83.7 Å². The highest BCUT2D eigenvalue weighted by Crippen LogP contribution is 2.30. The Morgan fingerprint density at radius 2 is 1.83 bits per heavy atom. The third-order valence-electron chi connectivity index (χ3n) is 5.09. The number of hydrogen-bond donors (Lipinski definition) is 2. The fourth-order valence-corrected chi connectivity index (χ4v) is 3.15. The smallest absolute Gasteiger partial charge is 0.251 e. The molecule has 1 unspecified atom stereocenters. The highest BCUT2D eigenvalue weighted by molar-refractivity contribution is 5.95. The Balaban J connectivity index is 1.33. The quantitative estimate of drug-likeness (QED) is 0.647. The number of nitrogens with one attached hydrogen (secondary N) is 2. The molecular formula is C23H24N4O2. The summed E-state index contributed by atoms with van der Waals surface area (Å²) in [6, 6.07) is 16.9. The molecule has 2 amide bonds. The lowest BCUT2D eigenvalue weighted by atomic mass is 10.1. The topological polar surface area (TPSA) is 76.0 Å². The number of aromatic nitrogens is 2. The average Bonchev–Trinajstić information content (AvgIpc) is 3.47. The van der Waals surface area contributed by atoms with Crippen molar-refractivity contribution >= 4 is 17.5 Å². The molecule has 1 atom stereocenters. The molecule has 2 aromatic carbocycles. The van der Waals surface area contributed by atoms with Crippen LogP contribution in [0.2, 0.25) is 0 Å². The molecule has 6 nitrogen and oxygen atoms in total. The SMILES string of the molecule is CC(NC(=O)c1ccc(Cn2cccn2)cc1)c1ccc(NC(=O)C2CC2)cc1.